The SMILES string of the molecule is CC(C)C(CC(=O)O)Nc1ccc(C#N)cc1Cl. The van der Waals surface area contributed by atoms with E-state index in [0.29, 0.717) is 16.3 Å². The molecule has 1 rings (SSSR count). The van der Waals surface area contributed by atoms with Crippen molar-refractivity contribution in [3.63, 3.8) is 0 Å². The van der Waals surface area contributed by atoms with Crippen molar-refractivity contribution in [2.24, 2.45) is 5.92 Å². The molecule has 0 aromatic heterocycles. The summed E-state index contributed by atoms with van der Waals surface area (Å²) in [7, 11) is 0. The third-order valence-corrected chi connectivity index (χ3v) is 2.95. The number of halogens is 1. The zero-order chi connectivity index (χ0) is 13.7. The van der Waals surface area contributed by atoms with Crippen LogP contribution in [0.15, 0.2) is 18.2 Å². The van der Waals surface area contributed by atoms with Crippen molar-refractivity contribution < 1.29 is 9.90 Å². The lowest BCUT2D eigenvalue weighted by Gasteiger charge is -2.22. The number of aliphatic carboxylic acids is 1. The molecule has 96 valence electrons. The average Bonchev–Trinajstić information content (AvgIpc) is 2.29. The van der Waals surface area contributed by atoms with Crippen LogP contribution in [0.1, 0.15) is 25.8 Å². The number of nitrogens with zero attached hydrogens (tertiary/aromatic N) is 1. The molecule has 18 heavy (non-hydrogen) atoms. The van der Waals surface area contributed by atoms with E-state index in [9.17, 15) is 4.79 Å². The summed E-state index contributed by atoms with van der Waals surface area (Å²) in [6, 6.07) is 6.69. The third-order valence-electron chi connectivity index (χ3n) is 2.64. The van der Waals surface area contributed by atoms with Gasteiger partial charge in [0.1, 0.15) is 0 Å². The van der Waals surface area contributed by atoms with Crippen molar-refractivity contribution in [2.45, 2.75) is 26.3 Å². The minimum absolute atomic E-state index is 0.0218. The van der Waals surface area contributed by atoms with E-state index in [0.717, 1.165) is 0 Å². The van der Waals surface area contributed by atoms with E-state index in [1.54, 1.807) is 18.2 Å². The molecule has 0 aliphatic heterocycles. The number of nitrogens with one attached hydrogen (secondary N) is 1. The van der Waals surface area contributed by atoms with Gasteiger partial charge in [-0.05, 0) is 24.1 Å². The molecule has 1 atom stereocenters. The van der Waals surface area contributed by atoms with Crippen LogP contribution in [0.2, 0.25) is 5.02 Å². The zero-order valence-corrected chi connectivity index (χ0v) is 11.0. The lowest BCUT2D eigenvalue weighted by molar-refractivity contribution is -0.137. The fourth-order valence-electron chi connectivity index (χ4n) is 1.54. The maximum Gasteiger partial charge on any atom is 0.305 e. The van der Waals surface area contributed by atoms with Crippen molar-refractivity contribution in [1.82, 2.24) is 0 Å². The molecular formula is C13H15ClN2O2. The van der Waals surface area contributed by atoms with E-state index in [1.807, 2.05) is 19.9 Å². The predicted molar refractivity (Wildman–Crippen MR) is 70.7 cm³/mol. The van der Waals surface area contributed by atoms with Gasteiger partial charge in [0.2, 0.25) is 0 Å². The third kappa shape index (κ3) is 3.94. The van der Waals surface area contributed by atoms with E-state index >= 15 is 0 Å². The van der Waals surface area contributed by atoms with Gasteiger partial charge in [0.25, 0.3) is 0 Å². The maximum atomic E-state index is 10.8. The van der Waals surface area contributed by atoms with Crippen molar-refractivity contribution in [3.05, 3.63) is 28.8 Å². The maximum absolute atomic E-state index is 10.8. The number of carboxylic acids is 1. The first kappa shape index (κ1) is 14.3. The van der Waals surface area contributed by atoms with Gasteiger partial charge < -0.3 is 10.4 Å². The first-order valence-corrected chi connectivity index (χ1v) is 5.99. The molecule has 1 aromatic rings. The number of carboxylic acid groups (broad SMARTS) is 1. The van der Waals surface area contributed by atoms with Gasteiger partial charge in [0.15, 0.2) is 0 Å². The second-order valence-electron chi connectivity index (χ2n) is 4.40. The van der Waals surface area contributed by atoms with Crippen LogP contribution in [0.5, 0.6) is 0 Å². The van der Waals surface area contributed by atoms with Crippen LogP contribution < -0.4 is 5.32 Å². The highest BCUT2D eigenvalue weighted by molar-refractivity contribution is 6.33. The Morgan fingerprint density at radius 3 is 2.67 bits per heavy atom. The van der Waals surface area contributed by atoms with Crippen LogP contribution in [0.3, 0.4) is 0 Å². The summed E-state index contributed by atoms with van der Waals surface area (Å²) in [5.74, 6) is -0.696. The van der Waals surface area contributed by atoms with Crippen LogP contribution >= 0.6 is 11.6 Å². The minimum Gasteiger partial charge on any atom is -0.481 e. The van der Waals surface area contributed by atoms with Crippen molar-refractivity contribution in [1.29, 1.82) is 5.26 Å². The molecule has 0 bridgehead atoms. The van der Waals surface area contributed by atoms with Crippen LogP contribution in [0.4, 0.5) is 5.69 Å². The average molecular weight is 267 g/mol. The summed E-state index contributed by atoms with van der Waals surface area (Å²) in [5.41, 5.74) is 1.13. The Hall–Kier alpha value is -1.73. The van der Waals surface area contributed by atoms with Crippen molar-refractivity contribution in [3.8, 4) is 6.07 Å². The van der Waals surface area contributed by atoms with Gasteiger partial charge in [-0.1, -0.05) is 25.4 Å². The van der Waals surface area contributed by atoms with E-state index in [2.05, 4.69) is 5.32 Å². The number of hydrogen-bond acceptors (Lipinski definition) is 3. The second kappa shape index (κ2) is 6.27. The Morgan fingerprint density at radius 1 is 1.56 bits per heavy atom. The number of anilines is 1. The number of carbonyl (C=O) groups is 1. The second-order valence-corrected chi connectivity index (χ2v) is 4.81. The smallest absolute Gasteiger partial charge is 0.305 e. The fraction of sp³-hybridized carbons (Fsp3) is 0.385. The van der Waals surface area contributed by atoms with Gasteiger partial charge in [-0.15, -0.1) is 0 Å². The molecule has 0 saturated heterocycles. The zero-order valence-electron chi connectivity index (χ0n) is 10.3. The number of benzene rings is 1. The quantitative estimate of drug-likeness (QED) is 0.859. The van der Waals surface area contributed by atoms with Crippen molar-refractivity contribution in [2.75, 3.05) is 5.32 Å². The van der Waals surface area contributed by atoms with Gasteiger partial charge in [-0.3, -0.25) is 4.79 Å². The lowest BCUT2D eigenvalue weighted by atomic mass is 10.0. The topological polar surface area (TPSA) is 73.1 Å². The summed E-state index contributed by atoms with van der Waals surface area (Å²) in [4.78, 5) is 10.8. The number of rotatable bonds is 5. The van der Waals surface area contributed by atoms with E-state index in [-0.39, 0.29) is 18.4 Å². The van der Waals surface area contributed by atoms with Gasteiger partial charge in [0, 0.05) is 6.04 Å². The molecule has 0 aliphatic carbocycles. The lowest BCUT2D eigenvalue weighted by Crippen LogP contribution is -2.28. The summed E-state index contributed by atoms with van der Waals surface area (Å²) in [6.07, 6.45) is 0.0218. The highest BCUT2D eigenvalue weighted by Gasteiger charge is 2.17. The Bertz CT molecular complexity index is 480. The molecule has 0 amide bonds. The number of nitriles is 1. The first-order valence-electron chi connectivity index (χ1n) is 5.62. The van der Waals surface area contributed by atoms with E-state index in [4.69, 9.17) is 22.0 Å². The minimum atomic E-state index is -0.856. The van der Waals surface area contributed by atoms with E-state index in [1.165, 1.54) is 0 Å². The standard InChI is InChI=1S/C13H15ClN2O2/c1-8(2)12(6-13(17)18)16-11-4-3-9(7-15)5-10(11)14/h3-5,8,12,16H,6H2,1-2H3,(H,17,18). The van der Waals surface area contributed by atoms with Crippen LogP contribution in [-0.2, 0) is 4.79 Å². The molecule has 0 heterocycles. The van der Waals surface area contributed by atoms with Crippen molar-refractivity contribution >= 4 is 23.3 Å². The van der Waals surface area contributed by atoms with Gasteiger partial charge in [0.05, 0.1) is 28.8 Å². The monoisotopic (exact) mass is 266 g/mol. The molecule has 2 N–H and O–H groups in total. The first-order chi connectivity index (χ1) is 8.43. The molecule has 1 unspecified atom stereocenters. The Kier molecular flexibility index (Phi) is 4.99. The van der Waals surface area contributed by atoms with Crippen LogP contribution in [-0.4, -0.2) is 17.1 Å². The van der Waals surface area contributed by atoms with Crippen LogP contribution in [0, 0.1) is 17.2 Å². The molecule has 1 aromatic carbocycles. The Balaban J connectivity index is 2.87. The Labute approximate surface area is 111 Å². The summed E-state index contributed by atoms with van der Waals surface area (Å²) >= 11 is 6.03. The predicted octanol–water partition coefficient (Wildman–Crippen LogP) is 3.12. The largest absolute Gasteiger partial charge is 0.481 e. The molecule has 0 spiro atoms. The van der Waals surface area contributed by atoms with Crippen LogP contribution in [0.25, 0.3) is 0 Å². The highest BCUT2D eigenvalue weighted by Crippen LogP contribution is 2.25. The van der Waals surface area contributed by atoms with E-state index < -0.39 is 5.97 Å². The molecule has 0 radical (unpaired) electrons. The van der Waals surface area contributed by atoms with Gasteiger partial charge in [-0.2, -0.15) is 5.26 Å². The normalized spacial score (nSPS) is 11.9. The molecule has 0 fully saturated rings. The fourth-order valence-corrected chi connectivity index (χ4v) is 1.78. The molecule has 4 nitrogen and oxygen atoms in total. The molecule has 0 saturated carbocycles. The molecule has 5 heteroatoms. The number of hydrogen-bond donors (Lipinski definition) is 2. The summed E-state index contributed by atoms with van der Waals surface area (Å²) < 4.78 is 0. The molecular weight excluding hydrogens is 252 g/mol. The van der Waals surface area contributed by atoms with Gasteiger partial charge in [-0.25, -0.2) is 0 Å². The Morgan fingerprint density at radius 2 is 2.22 bits per heavy atom. The van der Waals surface area contributed by atoms with Gasteiger partial charge >= 0.3 is 5.97 Å². The molecule has 0 aliphatic rings. The summed E-state index contributed by atoms with van der Waals surface area (Å²) in [5, 5.41) is 21.1. The highest BCUT2D eigenvalue weighted by atomic mass is 35.5. The summed E-state index contributed by atoms with van der Waals surface area (Å²) in [6.45, 7) is 3.89.